The normalized spacial score (nSPS) is 10.6. The minimum Gasteiger partial charge on any atom is -0.497 e. The van der Waals surface area contributed by atoms with E-state index < -0.39 is 5.91 Å². The lowest BCUT2D eigenvalue weighted by molar-refractivity contribution is 0.0992. The zero-order chi connectivity index (χ0) is 21.6. The molecule has 0 bridgehead atoms. The number of halogens is 1. The molecule has 158 valence electrons. The first-order valence-electron chi connectivity index (χ1n) is 9.53. The number of nitrogens with zero attached hydrogens (tertiary/aromatic N) is 2. The van der Waals surface area contributed by atoms with Crippen LogP contribution >= 0.6 is 0 Å². The summed E-state index contributed by atoms with van der Waals surface area (Å²) in [5, 5.41) is 6.95. The number of hydrogen-bond acceptors (Lipinski definition) is 5. The Morgan fingerprint density at radius 1 is 1.13 bits per heavy atom. The van der Waals surface area contributed by atoms with Gasteiger partial charge >= 0.3 is 0 Å². The van der Waals surface area contributed by atoms with Crippen LogP contribution in [0, 0.1) is 5.82 Å². The molecular weight excluding hydrogens is 401 g/mol. The van der Waals surface area contributed by atoms with E-state index in [1.54, 1.807) is 48.3 Å². The summed E-state index contributed by atoms with van der Waals surface area (Å²) in [6, 6.07) is 16.7. The second-order valence-electron chi connectivity index (χ2n) is 6.74. The molecular formula is C23H20FN3O4. The topological polar surface area (TPSA) is 78.5 Å². The molecule has 0 saturated carbocycles. The van der Waals surface area contributed by atoms with Crippen LogP contribution in [0.3, 0.4) is 0 Å². The second-order valence-corrected chi connectivity index (χ2v) is 6.74. The summed E-state index contributed by atoms with van der Waals surface area (Å²) in [5.41, 5.74) is 1.42. The number of benzene rings is 2. The van der Waals surface area contributed by atoms with Crippen LogP contribution in [-0.4, -0.2) is 22.8 Å². The smallest absolute Gasteiger partial charge is 0.291 e. The number of carbonyl (C=O) groups is 1. The van der Waals surface area contributed by atoms with Crippen LogP contribution in [0.4, 0.5) is 10.1 Å². The summed E-state index contributed by atoms with van der Waals surface area (Å²) in [5.74, 6) is 1.32. The molecule has 2 heterocycles. The summed E-state index contributed by atoms with van der Waals surface area (Å²) in [6.07, 6.45) is 3.23. The number of amides is 1. The van der Waals surface area contributed by atoms with Gasteiger partial charge in [0, 0.05) is 12.3 Å². The Balaban J connectivity index is 1.32. The molecule has 1 N–H and O–H groups in total. The molecule has 1 amide bonds. The number of ether oxygens (including phenoxy) is 2. The first-order valence-corrected chi connectivity index (χ1v) is 9.53. The van der Waals surface area contributed by atoms with Gasteiger partial charge in [-0.05, 0) is 42.0 Å². The van der Waals surface area contributed by atoms with E-state index in [1.165, 1.54) is 18.3 Å². The zero-order valence-electron chi connectivity index (χ0n) is 16.7. The molecule has 0 fully saturated rings. The standard InChI is InChI=1S/C23H20FN3O4/c1-29-19-3-2-4-20(11-19)30-15-21-9-10-22(31-21)23(28)26-18-12-25-27(14-18)13-16-5-7-17(24)8-6-16/h2-12,14H,13,15H2,1H3,(H,26,28). The van der Waals surface area contributed by atoms with Crippen LogP contribution in [0.5, 0.6) is 11.5 Å². The molecule has 0 saturated heterocycles. The van der Waals surface area contributed by atoms with Gasteiger partial charge in [0.25, 0.3) is 5.91 Å². The molecule has 0 unspecified atom stereocenters. The van der Waals surface area contributed by atoms with Crippen molar-refractivity contribution < 1.29 is 23.1 Å². The molecule has 0 radical (unpaired) electrons. The lowest BCUT2D eigenvalue weighted by Gasteiger charge is -2.06. The summed E-state index contributed by atoms with van der Waals surface area (Å²) < 4.78 is 31.1. The quantitative estimate of drug-likeness (QED) is 0.453. The van der Waals surface area contributed by atoms with Gasteiger partial charge in [0.15, 0.2) is 5.76 Å². The van der Waals surface area contributed by atoms with Gasteiger partial charge in [0.1, 0.15) is 29.7 Å². The van der Waals surface area contributed by atoms with E-state index in [2.05, 4.69) is 10.4 Å². The highest BCUT2D eigenvalue weighted by Gasteiger charge is 2.13. The number of methoxy groups -OCH3 is 1. The van der Waals surface area contributed by atoms with Crippen molar-refractivity contribution in [1.29, 1.82) is 0 Å². The molecule has 2 aromatic carbocycles. The fourth-order valence-corrected chi connectivity index (χ4v) is 2.91. The Hall–Kier alpha value is -4.07. The number of rotatable bonds is 8. The van der Waals surface area contributed by atoms with Gasteiger partial charge in [-0.25, -0.2) is 4.39 Å². The van der Waals surface area contributed by atoms with E-state index in [9.17, 15) is 9.18 Å². The molecule has 4 rings (SSSR count). The summed E-state index contributed by atoms with van der Waals surface area (Å²) in [6.45, 7) is 0.638. The fourth-order valence-electron chi connectivity index (χ4n) is 2.91. The van der Waals surface area contributed by atoms with Crippen LogP contribution in [0.2, 0.25) is 0 Å². The summed E-state index contributed by atoms with van der Waals surface area (Å²) in [7, 11) is 1.59. The van der Waals surface area contributed by atoms with Crippen LogP contribution in [0.1, 0.15) is 21.9 Å². The number of hydrogen-bond donors (Lipinski definition) is 1. The maximum Gasteiger partial charge on any atom is 0.291 e. The third-order valence-electron chi connectivity index (χ3n) is 4.46. The average molecular weight is 421 g/mol. The number of aromatic nitrogens is 2. The van der Waals surface area contributed by atoms with Gasteiger partial charge in [-0.15, -0.1) is 0 Å². The highest BCUT2D eigenvalue weighted by Crippen LogP contribution is 2.21. The zero-order valence-corrected chi connectivity index (χ0v) is 16.7. The van der Waals surface area contributed by atoms with E-state index in [4.69, 9.17) is 13.9 Å². The minimum absolute atomic E-state index is 0.163. The average Bonchev–Trinajstić information content (AvgIpc) is 3.44. The largest absolute Gasteiger partial charge is 0.497 e. The highest BCUT2D eigenvalue weighted by molar-refractivity contribution is 6.02. The number of furan rings is 1. The van der Waals surface area contributed by atoms with Gasteiger partial charge in [-0.1, -0.05) is 18.2 Å². The Morgan fingerprint density at radius 3 is 2.74 bits per heavy atom. The van der Waals surface area contributed by atoms with Gasteiger partial charge in [0.2, 0.25) is 0 Å². The van der Waals surface area contributed by atoms with E-state index in [-0.39, 0.29) is 18.2 Å². The molecule has 2 aromatic heterocycles. The molecule has 8 heteroatoms. The first kappa shape index (κ1) is 20.2. The predicted octanol–water partition coefficient (Wildman–Crippen LogP) is 4.50. The van der Waals surface area contributed by atoms with Crippen molar-refractivity contribution in [2.45, 2.75) is 13.2 Å². The van der Waals surface area contributed by atoms with Crippen molar-refractivity contribution in [2.24, 2.45) is 0 Å². The molecule has 7 nitrogen and oxygen atoms in total. The van der Waals surface area contributed by atoms with E-state index >= 15 is 0 Å². The van der Waals surface area contributed by atoms with Crippen molar-refractivity contribution in [3.8, 4) is 11.5 Å². The van der Waals surface area contributed by atoms with Crippen molar-refractivity contribution in [3.05, 3.63) is 96.0 Å². The van der Waals surface area contributed by atoms with Crippen LogP contribution in [-0.2, 0) is 13.2 Å². The lowest BCUT2D eigenvalue weighted by atomic mass is 10.2. The Morgan fingerprint density at radius 2 is 1.94 bits per heavy atom. The molecule has 0 aliphatic carbocycles. The van der Waals surface area contributed by atoms with Crippen LogP contribution in [0.25, 0.3) is 0 Å². The van der Waals surface area contributed by atoms with E-state index in [0.717, 1.165) is 5.56 Å². The minimum atomic E-state index is -0.394. The SMILES string of the molecule is COc1cccc(OCc2ccc(C(=O)Nc3cnn(Cc4ccc(F)cc4)c3)o2)c1. The molecule has 31 heavy (non-hydrogen) atoms. The van der Waals surface area contributed by atoms with Crippen molar-refractivity contribution in [2.75, 3.05) is 12.4 Å². The van der Waals surface area contributed by atoms with Crippen molar-refractivity contribution in [1.82, 2.24) is 9.78 Å². The molecule has 0 spiro atoms. The number of anilines is 1. The molecule has 0 aliphatic heterocycles. The maximum atomic E-state index is 13.0. The number of nitrogens with one attached hydrogen (secondary N) is 1. The fraction of sp³-hybridized carbons (Fsp3) is 0.130. The van der Waals surface area contributed by atoms with Gasteiger partial charge in [-0.3, -0.25) is 9.48 Å². The highest BCUT2D eigenvalue weighted by atomic mass is 19.1. The van der Waals surface area contributed by atoms with Gasteiger partial charge in [-0.2, -0.15) is 5.10 Å². The third kappa shape index (κ3) is 5.30. The molecule has 0 aliphatic rings. The molecule has 4 aromatic rings. The van der Waals surface area contributed by atoms with E-state index in [0.29, 0.717) is 29.5 Å². The van der Waals surface area contributed by atoms with Crippen LogP contribution < -0.4 is 14.8 Å². The lowest BCUT2D eigenvalue weighted by Crippen LogP contribution is -2.10. The predicted molar refractivity (Wildman–Crippen MR) is 112 cm³/mol. The summed E-state index contributed by atoms with van der Waals surface area (Å²) in [4.78, 5) is 12.4. The number of carbonyl (C=O) groups excluding carboxylic acids is 1. The van der Waals surface area contributed by atoms with Gasteiger partial charge < -0.3 is 19.2 Å². The Bertz CT molecular complexity index is 1170. The maximum absolute atomic E-state index is 13.0. The Labute approximate surface area is 178 Å². The summed E-state index contributed by atoms with van der Waals surface area (Å²) >= 11 is 0. The van der Waals surface area contributed by atoms with Crippen LogP contribution in [0.15, 0.2) is 77.5 Å². The second kappa shape index (κ2) is 9.17. The van der Waals surface area contributed by atoms with Gasteiger partial charge in [0.05, 0.1) is 25.5 Å². The van der Waals surface area contributed by atoms with Crippen molar-refractivity contribution >= 4 is 11.6 Å². The van der Waals surface area contributed by atoms with E-state index in [1.807, 2.05) is 18.2 Å². The first-order chi connectivity index (χ1) is 15.1. The third-order valence-corrected chi connectivity index (χ3v) is 4.46. The monoisotopic (exact) mass is 421 g/mol. The Kier molecular flexibility index (Phi) is 5.98. The van der Waals surface area contributed by atoms with Crippen molar-refractivity contribution in [3.63, 3.8) is 0 Å². The molecule has 0 atom stereocenters.